The maximum atomic E-state index is 8.81. The van der Waals surface area contributed by atoms with Crippen LogP contribution in [0.1, 0.15) is 0 Å². The van der Waals surface area contributed by atoms with E-state index in [0.717, 1.165) is 12.2 Å². The van der Waals surface area contributed by atoms with Crippen LogP contribution in [-0.4, -0.2) is 25.8 Å². The minimum Gasteiger partial charge on any atom is -0.365 e. The third-order valence-corrected chi connectivity index (χ3v) is 2.86. The molecule has 0 N–H and O–H groups in total. The molecule has 5 heteroatoms. The summed E-state index contributed by atoms with van der Waals surface area (Å²) in [4.78, 5) is 2.05. The molecule has 2 rings (SSSR count). The molecular weight excluding hydrogens is 247 g/mol. The summed E-state index contributed by atoms with van der Waals surface area (Å²) in [5.41, 5.74) is 0.932. The molecule has 1 fully saturated rings. The van der Waals surface area contributed by atoms with Gasteiger partial charge >= 0.3 is 0 Å². The molecule has 1 aliphatic rings. The van der Waals surface area contributed by atoms with Crippen LogP contribution in [0.15, 0.2) is 18.2 Å². The van der Waals surface area contributed by atoms with Crippen LogP contribution in [0, 0.1) is 11.3 Å². The van der Waals surface area contributed by atoms with Gasteiger partial charge in [-0.2, -0.15) is 5.26 Å². The molecule has 0 saturated carbocycles. The molecule has 0 radical (unpaired) electrons. The molecule has 1 aromatic rings. The lowest BCUT2D eigenvalue weighted by atomic mass is 10.2. The normalized spacial score (nSPS) is 20.6. The van der Waals surface area contributed by atoms with Gasteiger partial charge in [0.1, 0.15) is 0 Å². The summed E-state index contributed by atoms with van der Waals surface area (Å²) in [7, 11) is 0. The number of nitriles is 1. The van der Waals surface area contributed by atoms with E-state index in [1.807, 2.05) is 12.1 Å². The molecule has 1 unspecified atom stereocenters. The fourth-order valence-corrected chi connectivity index (χ4v) is 2.20. The molecule has 1 aliphatic heterocycles. The van der Waals surface area contributed by atoms with E-state index >= 15 is 0 Å². The molecule has 0 amide bonds. The highest BCUT2D eigenvalue weighted by atomic mass is 35.5. The molecule has 1 heterocycles. The lowest BCUT2D eigenvalue weighted by Crippen LogP contribution is -2.41. The van der Waals surface area contributed by atoms with Gasteiger partial charge in [-0.15, -0.1) is 0 Å². The molecule has 84 valence electrons. The average molecular weight is 257 g/mol. The Morgan fingerprint density at radius 3 is 2.62 bits per heavy atom. The summed E-state index contributed by atoms with van der Waals surface area (Å²) in [5.74, 6) is 0. The topological polar surface area (TPSA) is 36.3 Å². The van der Waals surface area contributed by atoms with Gasteiger partial charge in [-0.1, -0.05) is 23.2 Å². The summed E-state index contributed by atoms with van der Waals surface area (Å²) in [6, 6.07) is 7.47. The fraction of sp³-hybridized carbons (Fsp3) is 0.364. The van der Waals surface area contributed by atoms with Crippen molar-refractivity contribution in [3.63, 3.8) is 0 Å². The molecule has 0 aromatic heterocycles. The Morgan fingerprint density at radius 2 is 2.00 bits per heavy atom. The zero-order valence-electron chi connectivity index (χ0n) is 8.49. The second-order valence-electron chi connectivity index (χ2n) is 3.56. The molecule has 1 aromatic carbocycles. The largest absolute Gasteiger partial charge is 0.365 e. The van der Waals surface area contributed by atoms with Gasteiger partial charge in [0.2, 0.25) is 0 Å². The number of benzene rings is 1. The van der Waals surface area contributed by atoms with Crippen molar-refractivity contribution in [3.05, 3.63) is 28.2 Å². The van der Waals surface area contributed by atoms with E-state index in [1.54, 1.807) is 6.07 Å². The van der Waals surface area contributed by atoms with E-state index in [-0.39, 0.29) is 6.10 Å². The molecule has 3 nitrogen and oxygen atoms in total. The van der Waals surface area contributed by atoms with Crippen LogP contribution >= 0.6 is 23.2 Å². The van der Waals surface area contributed by atoms with E-state index in [1.165, 1.54) is 0 Å². The van der Waals surface area contributed by atoms with Crippen LogP contribution in [0.5, 0.6) is 0 Å². The minimum absolute atomic E-state index is 0.383. The van der Waals surface area contributed by atoms with Crippen LogP contribution < -0.4 is 4.90 Å². The Kier molecular flexibility index (Phi) is 3.55. The van der Waals surface area contributed by atoms with Gasteiger partial charge in [0.05, 0.1) is 19.2 Å². The average Bonchev–Trinajstić information content (AvgIpc) is 2.28. The Labute approximate surface area is 104 Å². The Bertz CT molecular complexity index is 410. The Balaban J connectivity index is 2.20. The van der Waals surface area contributed by atoms with Gasteiger partial charge in [0.25, 0.3) is 0 Å². The lowest BCUT2D eigenvalue weighted by molar-refractivity contribution is 0.0764. The van der Waals surface area contributed by atoms with Crippen molar-refractivity contribution in [2.24, 2.45) is 0 Å². The minimum atomic E-state index is -0.383. The second kappa shape index (κ2) is 4.92. The molecule has 0 aliphatic carbocycles. The maximum absolute atomic E-state index is 8.81. The molecular formula is C11H10Cl2N2O. The highest BCUT2D eigenvalue weighted by Crippen LogP contribution is 2.26. The van der Waals surface area contributed by atoms with Crippen molar-refractivity contribution in [2.45, 2.75) is 6.10 Å². The van der Waals surface area contributed by atoms with Crippen molar-refractivity contribution in [3.8, 4) is 6.07 Å². The number of ether oxygens (including phenoxy) is 1. The first-order valence-electron chi connectivity index (χ1n) is 4.91. The molecule has 0 spiro atoms. The van der Waals surface area contributed by atoms with E-state index in [9.17, 15) is 0 Å². The molecule has 1 saturated heterocycles. The van der Waals surface area contributed by atoms with Crippen LogP contribution in [0.25, 0.3) is 0 Å². The van der Waals surface area contributed by atoms with Gasteiger partial charge < -0.3 is 9.64 Å². The second-order valence-corrected chi connectivity index (χ2v) is 4.44. The van der Waals surface area contributed by atoms with Gasteiger partial charge in [-0.3, -0.25) is 0 Å². The van der Waals surface area contributed by atoms with E-state index < -0.39 is 0 Å². The predicted molar refractivity (Wildman–Crippen MR) is 64.0 cm³/mol. The number of rotatable bonds is 1. The number of hydrogen-bond acceptors (Lipinski definition) is 3. The van der Waals surface area contributed by atoms with Gasteiger partial charge in [0.15, 0.2) is 6.10 Å². The number of morpholine rings is 1. The first-order chi connectivity index (χ1) is 7.69. The standard InChI is InChI=1S/C11H10Cl2N2O/c12-8-3-9(13)5-10(4-8)15-1-2-16-11(6-14)7-15/h3-5,11H,1-2,7H2. The van der Waals surface area contributed by atoms with E-state index in [4.69, 9.17) is 33.2 Å². The zero-order chi connectivity index (χ0) is 11.5. The molecule has 16 heavy (non-hydrogen) atoms. The summed E-state index contributed by atoms with van der Waals surface area (Å²) >= 11 is 11.9. The van der Waals surface area contributed by atoms with Crippen LogP contribution in [0.2, 0.25) is 10.0 Å². The van der Waals surface area contributed by atoms with Crippen molar-refractivity contribution in [1.29, 1.82) is 5.26 Å². The highest BCUT2D eigenvalue weighted by Gasteiger charge is 2.20. The smallest absolute Gasteiger partial charge is 0.161 e. The summed E-state index contributed by atoms with van der Waals surface area (Å²) < 4.78 is 5.27. The number of anilines is 1. The monoisotopic (exact) mass is 256 g/mol. The van der Waals surface area contributed by atoms with Crippen molar-refractivity contribution >= 4 is 28.9 Å². The third kappa shape index (κ3) is 2.59. The zero-order valence-corrected chi connectivity index (χ0v) is 10.0. The molecule has 1 atom stereocenters. The number of hydrogen-bond donors (Lipinski definition) is 0. The summed E-state index contributed by atoms with van der Waals surface area (Å²) in [6.07, 6.45) is -0.383. The summed E-state index contributed by atoms with van der Waals surface area (Å²) in [6.45, 7) is 1.84. The first-order valence-corrected chi connectivity index (χ1v) is 5.67. The lowest BCUT2D eigenvalue weighted by Gasteiger charge is -2.31. The fourth-order valence-electron chi connectivity index (χ4n) is 1.68. The Morgan fingerprint density at radius 1 is 1.31 bits per heavy atom. The molecule has 0 bridgehead atoms. The number of halogens is 2. The van der Waals surface area contributed by atoms with Crippen molar-refractivity contribution < 1.29 is 4.74 Å². The van der Waals surface area contributed by atoms with Gasteiger partial charge in [0, 0.05) is 22.3 Å². The third-order valence-electron chi connectivity index (χ3n) is 2.42. The first kappa shape index (κ1) is 11.5. The number of nitrogens with zero attached hydrogens (tertiary/aromatic N) is 2. The summed E-state index contributed by atoms with van der Waals surface area (Å²) in [5, 5.41) is 10.0. The van der Waals surface area contributed by atoms with Crippen LogP contribution in [0.3, 0.4) is 0 Å². The van der Waals surface area contributed by atoms with E-state index in [0.29, 0.717) is 23.2 Å². The Hall–Kier alpha value is -0.950. The predicted octanol–water partition coefficient (Wildman–Crippen LogP) is 2.72. The maximum Gasteiger partial charge on any atom is 0.161 e. The van der Waals surface area contributed by atoms with Gasteiger partial charge in [-0.05, 0) is 18.2 Å². The van der Waals surface area contributed by atoms with Gasteiger partial charge in [-0.25, -0.2) is 0 Å². The quantitative estimate of drug-likeness (QED) is 0.776. The SMILES string of the molecule is N#CC1CN(c2cc(Cl)cc(Cl)c2)CCO1. The van der Waals surface area contributed by atoms with Crippen molar-refractivity contribution in [2.75, 3.05) is 24.6 Å². The highest BCUT2D eigenvalue weighted by molar-refractivity contribution is 6.35. The van der Waals surface area contributed by atoms with E-state index in [2.05, 4.69) is 11.0 Å². The van der Waals surface area contributed by atoms with Crippen LogP contribution in [-0.2, 0) is 4.74 Å². The van der Waals surface area contributed by atoms with Crippen LogP contribution in [0.4, 0.5) is 5.69 Å². The van der Waals surface area contributed by atoms with Crippen molar-refractivity contribution in [1.82, 2.24) is 0 Å².